The molecule has 0 aromatic heterocycles. The number of anilines is 1. The van der Waals surface area contributed by atoms with Gasteiger partial charge < -0.3 is 15.2 Å². The number of hydrogen-bond acceptors (Lipinski definition) is 4. The first-order valence-electron chi connectivity index (χ1n) is 9.87. The standard InChI is InChI=1S/C24H19ClF2N2O5/c1-11-7-8-18(12(2)9-11)34-21-14(23(31)32)10-17(13(3)20(21)25)28-24(33)29-22(30)19-15(26)5-4-6-16(19)27/h4-10H,1-3H3,(H,31,32)(H2,28,29,30,33). The fourth-order valence-corrected chi connectivity index (χ4v) is 3.41. The van der Waals surface area contributed by atoms with Gasteiger partial charge in [-0.15, -0.1) is 0 Å². The molecule has 176 valence electrons. The number of aryl methyl sites for hydroxylation is 2. The van der Waals surface area contributed by atoms with E-state index in [9.17, 15) is 28.3 Å². The van der Waals surface area contributed by atoms with Crippen molar-refractivity contribution in [2.75, 3.05) is 5.32 Å². The highest BCUT2D eigenvalue weighted by Crippen LogP contribution is 2.40. The lowest BCUT2D eigenvalue weighted by Crippen LogP contribution is -2.35. The van der Waals surface area contributed by atoms with E-state index in [-0.39, 0.29) is 27.6 Å². The molecule has 0 atom stereocenters. The van der Waals surface area contributed by atoms with Crippen molar-refractivity contribution < 1.29 is 33.0 Å². The Hall–Kier alpha value is -3.98. The van der Waals surface area contributed by atoms with E-state index in [0.717, 1.165) is 35.4 Å². The number of carboxylic acids is 1. The molecule has 0 radical (unpaired) electrons. The predicted octanol–water partition coefficient (Wildman–Crippen LogP) is 6.00. The zero-order chi connectivity index (χ0) is 25.2. The fraction of sp³-hybridized carbons (Fsp3) is 0.125. The number of aromatic carboxylic acids is 1. The first kappa shape index (κ1) is 24.7. The van der Waals surface area contributed by atoms with E-state index in [2.05, 4.69) is 5.32 Å². The minimum Gasteiger partial charge on any atom is -0.478 e. The third-order valence-electron chi connectivity index (χ3n) is 4.90. The molecule has 10 heteroatoms. The number of amides is 3. The normalized spacial score (nSPS) is 10.5. The Labute approximate surface area is 198 Å². The number of rotatable bonds is 5. The molecule has 0 spiro atoms. The van der Waals surface area contributed by atoms with E-state index in [1.54, 1.807) is 24.4 Å². The van der Waals surface area contributed by atoms with Gasteiger partial charge in [-0.1, -0.05) is 35.4 Å². The molecular formula is C24H19ClF2N2O5. The Morgan fingerprint density at radius 1 is 1.00 bits per heavy atom. The van der Waals surface area contributed by atoms with Crippen molar-refractivity contribution in [2.45, 2.75) is 20.8 Å². The first-order chi connectivity index (χ1) is 16.0. The Balaban J connectivity index is 1.90. The number of carbonyl (C=O) groups excluding carboxylic acids is 2. The summed E-state index contributed by atoms with van der Waals surface area (Å²) in [6, 6.07) is 8.09. The number of carbonyl (C=O) groups is 3. The number of benzene rings is 3. The number of urea groups is 1. The van der Waals surface area contributed by atoms with Crippen LogP contribution in [0.3, 0.4) is 0 Å². The van der Waals surface area contributed by atoms with Crippen molar-refractivity contribution >= 4 is 35.2 Å². The summed E-state index contributed by atoms with van der Waals surface area (Å²) in [6.45, 7) is 5.18. The van der Waals surface area contributed by atoms with Crippen molar-refractivity contribution in [3.8, 4) is 11.5 Å². The van der Waals surface area contributed by atoms with Crippen molar-refractivity contribution in [2.24, 2.45) is 0 Å². The van der Waals surface area contributed by atoms with Crippen molar-refractivity contribution in [1.29, 1.82) is 0 Å². The Morgan fingerprint density at radius 3 is 2.24 bits per heavy atom. The van der Waals surface area contributed by atoms with Gasteiger partial charge in [0.25, 0.3) is 5.91 Å². The van der Waals surface area contributed by atoms with Gasteiger partial charge in [-0.2, -0.15) is 0 Å². The molecule has 0 fully saturated rings. The molecule has 3 amide bonds. The molecule has 0 aliphatic carbocycles. The van der Waals surface area contributed by atoms with Crippen LogP contribution in [0.1, 0.15) is 37.4 Å². The smallest absolute Gasteiger partial charge is 0.339 e. The molecule has 0 saturated carbocycles. The topological polar surface area (TPSA) is 105 Å². The molecule has 3 rings (SSSR count). The summed E-state index contributed by atoms with van der Waals surface area (Å²) in [5, 5.41) is 13.7. The van der Waals surface area contributed by atoms with Crippen LogP contribution < -0.4 is 15.4 Å². The van der Waals surface area contributed by atoms with E-state index in [1.165, 1.54) is 6.92 Å². The number of nitrogens with one attached hydrogen (secondary N) is 2. The minimum atomic E-state index is -1.38. The summed E-state index contributed by atoms with van der Waals surface area (Å²) >= 11 is 6.38. The third-order valence-corrected chi connectivity index (χ3v) is 5.36. The van der Waals surface area contributed by atoms with Crippen LogP contribution in [0.5, 0.6) is 11.5 Å². The fourth-order valence-electron chi connectivity index (χ4n) is 3.17. The molecule has 7 nitrogen and oxygen atoms in total. The Bertz CT molecular complexity index is 1310. The van der Waals surface area contributed by atoms with Crippen LogP contribution in [0, 0.1) is 32.4 Å². The average molecular weight is 489 g/mol. The molecule has 0 bridgehead atoms. The number of halogens is 3. The third kappa shape index (κ3) is 5.15. The molecule has 3 N–H and O–H groups in total. The zero-order valence-corrected chi connectivity index (χ0v) is 19.0. The molecule has 3 aromatic carbocycles. The molecule has 34 heavy (non-hydrogen) atoms. The van der Waals surface area contributed by atoms with Gasteiger partial charge in [0.05, 0.1) is 5.02 Å². The monoisotopic (exact) mass is 488 g/mol. The highest BCUT2D eigenvalue weighted by atomic mass is 35.5. The summed E-state index contributed by atoms with van der Waals surface area (Å²) in [5.41, 5.74) is 0.653. The predicted molar refractivity (Wildman–Crippen MR) is 122 cm³/mol. The van der Waals surface area contributed by atoms with Crippen molar-refractivity contribution in [1.82, 2.24) is 5.32 Å². The maximum Gasteiger partial charge on any atom is 0.339 e. The summed E-state index contributed by atoms with van der Waals surface area (Å²) < 4.78 is 33.4. The second-order valence-electron chi connectivity index (χ2n) is 7.42. The van der Waals surface area contributed by atoms with Gasteiger partial charge >= 0.3 is 12.0 Å². The first-order valence-corrected chi connectivity index (χ1v) is 10.2. The maximum atomic E-state index is 13.8. The molecule has 0 aliphatic rings. The molecular weight excluding hydrogens is 470 g/mol. The van der Waals surface area contributed by atoms with Crippen LogP contribution in [-0.4, -0.2) is 23.0 Å². The summed E-state index contributed by atoms with van der Waals surface area (Å²) in [4.78, 5) is 36.3. The number of ether oxygens (including phenoxy) is 1. The van der Waals surface area contributed by atoms with Crippen LogP contribution in [0.25, 0.3) is 0 Å². The molecule has 0 aliphatic heterocycles. The van der Waals surface area contributed by atoms with E-state index < -0.39 is 35.1 Å². The molecule has 0 heterocycles. The van der Waals surface area contributed by atoms with Crippen molar-refractivity contribution in [3.05, 3.63) is 86.9 Å². The van der Waals surface area contributed by atoms with Gasteiger partial charge in [0.1, 0.15) is 28.5 Å². The van der Waals surface area contributed by atoms with Crippen LogP contribution in [0.4, 0.5) is 19.3 Å². The van der Waals surface area contributed by atoms with Gasteiger partial charge in [-0.3, -0.25) is 10.1 Å². The number of imide groups is 1. The van der Waals surface area contributed by atoms with E-state index in [0.29, 0.717) is 5.75 Å². The average Bonchev–Trinajstić information content (AvgIpc) is 2.74. The van der Waals surface area contributed by atoms with Gasteiger partial charge in [0.15, 0.2) is 5.75 Å². The largest absolute Gasteiger partial charge is 0.478 e. The van der Waals surface area contributed by atoms with Gasteiger partial charge in [0, 0.05) is 5.69 Å². The Kier molecular flexibility index (Phi) is 7.17. The second kappa shape index (κ2) is 9.88. The number of hydrogen-bond donors (Lipinski definition) is 3. The van der Waals surface area contributed by atoms with Crippen LogP contribution in [0.2, 0.25) is 5.02 Å². The quantitative estimate of drug-likeness (QED) is 0.409. The van der Waals surface area contributed by atoms with Crippen LogP contribution >= 0.6 is 11.6 Å². The second-order valence-corrected chi connectivity index (χ2v) is 7.80. The summed E-state index contributed by atoms with van der Waals surface area (Å²) in [6.07, 6.45) is 0. The maximum absolute atomic E-state index is 13.8. The SMILES string of the molecule is Cc1ccc(Oc2c(C(=O)O)cc(NC(=O)NC(=O)c3c(F)cccc3F)c(C)c2Cl)c(C)c1. The van der Waals surface area contributed by atoms with Crippen LogP contribution in [-0.2, 0) is 0 Å². The zero-order valence-electron chi connectivity index (χ0n) is 18.3. The lowest BCUT2D eigenvalue weighted by atomic mass is 10.1. The highest BCUT2D eigenvalue weighted by molar-refractivity contribution is 6.34. The van der Waals surface area contributed by atoms with Gasteiger partial charge in [-0.05, 0) is 56.2 Å². The van der Waals surface area contributed by atoms with E-state index >= 15 is 0 Å². The Morgan fingerprint density at radius 2 is 1.65 bits per heavy atom. The molecule has 3 aromatic rings. The summed E-state index contributed by atoms with van der Waals surface area (Å²) in [5.74, 6) is -4.73. The number of carboxylic acid groups (broad SMARTS) is 1. The highest BCUT2D eigenvalue weighted by Gasteiger charge is 2.24. The van der Waals surface area contributed by atoms with Gasteiger partial charge in [0.2, 0.25) is 0 Å². The lowest BCUT2D eigenvalue weighted by molar-refractivity contribution is 0.0693. The minimum absolute atomic E-state index is 0.0466. The van der Waals surface area contributed by atoms with Gasteiger partial charge in [-0.25, -0.2) is 18.4 Å². The van der Waals surface area contributed by atoms with Crippen LogP contribution in [0.15, 0.2) is 42.5 Å². The van der Waals surface area contributed by atoms with E-state index in [1.807, 2.05) is 13.0 Å². The lowest BCUT2D eigenvalue weighted by Gasteiger charge is -2.17. The van der Waals surface area contributed by atoms with E-state index in [4.69, 9.17) is 16.3 Å². The summed E-state index contributed by atoms with van der Waals surface area (Å²) in [7, 11) is 0. The van der Waals surface area contributed by atoms with Crippen molar-refractivity contribution in [3.63, 3.8) is 0 Å². The molecule has 0 unspecified atom stereocenters. The molecule has 0 saturated heterocycles.